The van der Waals surface area contributed by atoms with Gasteiger partial charge in [-0.3, -0.25) is 4.79 Å². The second-order valence-corrected chi connectivity index (χ2v) is 3.91. The Hall–Kier alpha value is -1.88. The average molecular weight is 252 g/mol. The van der Waals surface area contributed by atoms with Crippen molar-refractivity contribution >= 4 is 11.8 Å². The molecule has 98 valence electrons. The van der Waals surface area contributed by atoms with Crippen molar-refractivity contribution in [3.8, 4) is 5.75 Å². The molecule has 0 aliphatic heterocycles. The summed E-state index contributed by atoms with van der Waals surface area (Å²) in [5.74, 6) is -0.901. The minimum atomic E-state index is -1.63. The van der Waals surface area contributed by atoms with Crippen LogP contribution in [0.2, 0.25) is 0 Å². The zero-order chi connectivity index (χ0) is 13.7. The molecule has 1 atom stereocenters. The van der Waals surface area contributed by atoms with Crippen molar-refractivity contribution in [3.05, 3.63) is 29.3 Å². The maximum atomic E-state index is 11.2. The van der Waals surface area contributed by atoms with Crippen molar-refractivity contribution in [1.82, 2.24) is 0 Å². The summed E-state index contributed by atoms with van der Waals surface area (Å²) in [6.45, 7) is 3.70. The summed E-state index contributed by atoms with van der Waals surface area (Å²) in [7, 11) is 0. The van der Waals surface area contributed by atoms with Gasteiger partial charge in [-0.1, -0.05) is 6.07 Å². The Labute approximate surface area is 105 Å². The molecule has 5 nitrogen and oxygen atoms in total. The number of carboxylic acid groups (broad SMARTS) is 1. The third-order valence-corrected chi connectivity index (χ3v) is 2.39. The number of carbonyl (C=O) groups excluding carboxylic acids is 1. The van der Waals surface area contributed by atoms with Crippen LogP contribution in [0.4, 0.5) is 0 Å². The third-order valence-electron chi connectivity index (χ3n) is 2.39. The minimum Gasteiger partial charge on any atom is -0.494 e. The van der Waals surface area contributed by atoms with E-state index in [4.69, 9.17) is 9.84 Å². The molecule has 1 rings (SSSR count). The van der Waals surface area contributed by atoms with Gasteiger partial charge in [-0.25, -0.2) is 4.79 Å². The van der Waals surface area contributed by atoms with E-state index in [2.05, 4.69) is 0 Å². The molecular formula is C13H16O5. The lowest BCUT2D eigenvalue weighted by Crippen LogP contribution is -2.14. The number of aliphatic hydroxyl groups is 1. The standard InChI is InChI=1S/C13H16O5/c1-3-18-10-4-5-11(12(15)13(16)17)9(7-10)6-8(2)14/h4-5,7,12,15H,3,6H2,1-2H3,(H,16,17). The van der Waals surface area contributed by atoms with E-state index in [1.807, 2.05) is 6.92 Å². The SMILES string of the molecule is CCOc1ccc(C(O)C(=O)O)c(CC(C)=O)c1. The van der Waals surface area contributed by atoms with E-state index in [1.54, 1.807) is 12.1 Å². The van der Waals surface area contributed by atoms with Crippen LogP contribution in [0.15, 0.2) is 18.2 Å². The van der Waals surface area contributed by atoms with E-state index < -0.39 is 12.1 Å². The third kappa shape index (κ3) is 3.56. The van der Waals surface area contributed by atoms with Crippen molar-refractivity contribution in [2.24, 2.45) is 0 Å². The highest BCUT2D eigenvalue weighted by Crippen LogP contribution is 2.24. The number of Topliss-reactive ketones (excluding diaryl/α,β-unsaturated/α-hetero) is 1. The Bertz CT molecular complexity index is 453. The largest absolute Gasteiger partial charge is 0.494 e. The first-order chi connectivity index (χ1) is 8.45. The number of ether oxygens (including phenoxy) is 1. The molecule has 1 aromatic carbocycles. The Morgan fingerprint density at radius 2 is 2.06 bits per heavy atom. The molecule has 0 aliphatic rings. The first kappa shape index (κ1) is 14.2. The number of carbonyl (C=O) groups is 2. The first-order valence-electron chi connectivity index (χ1n) is 5.61. The molecule has 1 aromatic rings. The van der Waals surface area contributed by atoms with Gasteiger partial charge in [-0.05, 0) is 37.1 Å². The van der Waals surface area contributed by atoms with Crippen molar-refractivity contribution in [1.29, 1.82) is 0 Å². The number of ketones is 1. The van der Waals surface area contributed by atoms with Gasteiger partial charge in [-0.2, -0.15) is 0 Å². The predicted molar refractivity (Wildman–Crippen MR) is 64.6 cm³/mol. The average Bonchev–Trinajstić information content (AvgIpc) is 2.28. The summed E-state index contributed by atoms with van der Waals surface area (Å²) in [5.41, 5.74) is 0.699. The van der Waals surface area contributed by atoms with E-state index in [0.29, 0.717) is 17.9 Å². The molecule has 0 bridgehead atoms. The monoisotopic (exact) mass is 252 g/mol. The molecular weight excluding hydrogens is 236 g/mol. The Morgan fingerprint density at radius 3 is 2.56 bits per heavy atom. The van der Waals surface area contributed by atoms with Gasteiger partial charge >= 0.3 is 5.97 Å². The van der Waals surface area contributed by atoms with Crippen LogP contribution in [-0.4, -0.2) is 28.6 Å². The van der Waals surface area contributed by atoms with Crippen LogP contribution in [0.5, 0.6) is 5.75 Å². The number of benzene rings is 1. The van der Waals surface area contributed by atoms with Crippen molar-refractivity contribution in [3.63, 3.8) is 0 Å². The fraction of sp³-hybridized carbons (Fsp3) is 0.385. The van der Waals surface area contributed by atoms with Crippen LogP contribution < -0.4 is 4.74 Å². The zero-order valence-electron chi connectivity index (χ0n) is 10.3. The summed E-state index contributed by atoms with van der Waals surface area (Å²) < 4.78 is 5.28. The Balaban J connectivity index is 3.15. The number of aliphatic hydroxyl groups excluding tert-OH is 1. The molecule has 0 heterocycles. The molecule has 2 N–H and O–H groups in total. The molecule has 0 saturated heterocycles. The molecule has 0 aromatic heterocycles. The van der Waals surface area contributed by atoms with Crippen molar-refractivity contribution in [2.45, 2.75) is 26.4 Å². The second-order valence-electron chi connectivity index (χ2n) is 3.91. The highest BCUT2D eigenvalue weighted by molar-refractivity contribution is 5.80. The summed E-state index contributed by atoms with van der Waals surface area (Å²) in [4.78, 5) is 21.9. The quantitative estimate of drug-likeness (QED) is 0.798. The maximum absolute atomic E-state index is 11.2. The number of aliphatic carboxylic acids is 1. The minimum absolute atomic E-state index is 0.0700. The van der Waals surface area contributed by atoms with E-state index >= 15 is 0 Å². The van der Waals surface area contributed by atoms with Crippen LogP contribution >= 0.6 is 0 Å². The van der Waals surface area contributed by atoms with E-state index in [0.717, 1.165) is 0 Å². The number of hydrogen-bond donors (Lipinski definition) is 2. The number of hydrogen-bond acceptors (Lipinski definition) is 4. The lowest BCUT2D eigenvalue weighted by molar-refractivity contribution is -0.147. The van der Waals surface area contributed by atoms with Gasteiger partial charge in [-0.15, -0.1) is 0 Å². The molecule has 1 unspecified atom stereocenters. The maximum Gasteiger partial charge on any atom is 0.337 e. The summed E-state index contributed by atoms with van der Waals surface area (Å²) >= 11 is 0. The van der Waals surface area contributed by atoms with E-state index in [1.165, 1.54) is 13.0 Å². The smallest absolute Gasteiger partial charge is 0.337 e. The van der Waals surface area contributed by atoms with Crippen LogP contribution in [0, 0.1) is 0 Å². The molecule has 18 heavy (non-hydrogen) atoms. The van der Waals surface area contributed by atoms with Gasteiger partial charge < -0.3 is 14.9 Å². The van der Waals surface area contributed by atoms with Gasteiger partial charge in [0.2, 0.25) is 0 Å². The van der Waals surface area contributed by atoms with Gasteiger partial charge in [0.05, 0.1) is 6.61 Å². The molecule has 0 fully saturated rings. The fourth-order valence-electron chi connectivity index (χ4n) is 1.66. The molecule has 5 heteroatoms. The lowest BCUT2D eigenvalue weighted by Gasteiger charge is -2.13. The van der Waals surface area contributed by atoms with Crippen molar-refractivity contribution in [2.75, 3.05) is 6.61 Å². The number of rotatable bonds is 6. The molecule has 0 spiro atoms. The predicted octanol–water partition coefficient (Wildman–Crippen LogP) is 1.33. The van der Waals surface area contributed by atoms with Gasteiger partial charge in [0.25, 0.3) is 0 Å². The molecule has 0 saturated carbocycles. The zero-order valence-corrected chi connectivity index (χ0v) is 10.3. The highest BCUT2D eigenvalue weighted by atomic mass is 16.5. The number of carboxylic acids is 1. The molecule has 0 amide bonds. The van der Waals surface area contributed by atoms with Gasteiger partial charge in [0, 0.05) is 6.42 Å². The highest BCUT2D eigenvalue weighted by Gasteiger charge is 2.20. The van der Waals surface area contributed by atoms with Crippen LogP contribution in [0.1, 0.15) is 31.1 Å². The normalized spacial score (nSPS) is 11.9. The first-order valence-corrected chi connectivity index (χ1v) is 5.61. The summed E-state index contributed by atoms with van der Waals surface area (Å²) in [6, 6.07) is 4.64. The Morgan fingerprint density at radius 1 is 1.39 bits per heavy atom. The molecule has 0 aliphatic carbocycles. The lowest BCUT2D eigenvalue weighted by atomic mass is 9.98. The van der Waals surface area contributed by atoms with Gasteiger partial charge in [0.15, 0.2) is 6.10 Å². The molecule has 0 radical (unpaired) electrons. The fourth-order valence-corrected chi connectivity index (χ4v) is 1.66. The van der Waals surface area contributed by atoms with E-state index in [9.17, 15) is 14.7 Å². The van der Waals surface area contributed by atoms with Crippen LogP contribution in [0.25, 0.3) is 0 Å². The summed E-state index contributed by atoms with van der Waals surface area (Å²) in [6.07, 6.45) is -1.56. The van der Waals surface area contributed by atoms with E-state index in [-0.39, 0.29) is 17.8 Å². The second kappa shape index (κ2) is 6.16. The van der Waals surface area contributed by atoms with Crippen LogP contribution in [-0.2, 0) is 16.0 Å². The van der Waals surface area contributed by atoms with Crippen molar-refractivity contribution < 1.29 is 24.5 Å². The van der Waals surface area contributed by atoms with Crippen LogP contribution in [0.3, 0.4) is 0 Å². The Kier molecular flexibility index (Phi) is 4.85. The van der Waals surface area contributed by atoms with Gasteiger partial charge in [0.1, 0.15) is 11.5 Å². The topological polar surface area (TPSA) is 83.8 Å². The summed E-state index contributed by atoms with van der Waals surface area (Å²) in [5, 5.41) is 18.4.